The average molecular weight is 248 g/mol. The minimum absolute atomic E-state index is 0.553. The van der Waals surface area contributed by atoms with Crippen molar-refractivity contribution in [2.45, 2.75) is 31.7 Å². The molecule has 0 aromatic heterocycles. The van der Waals surface area contributed by atoms with E-state index in [1.54, 1.807) is 0 Å². The molecule has 2 heterocycles. The average Bonchev–Trinajstić information content (AvgIpc) is 2.90. The van der Waals surface area contributed by atoms with Crippen LogP contribution in [0.25, 0.3) is 0 Å². The van der Waals surface area contributed by atoms with E-state index in [0.29, 0.717) is 12.6 Å². The molecule has 0 bridgehead atoms. The van der Waals surface area contributed by atoms with E-state index in [2.05, 4.69) is 26.0 Å². The Kier molecular flexibility index (Phi) is 4.89. The van der Waals surface area contributed by atoms with Gasteiger partial charge < -0.3 is 10.2 Å². The first kappa shape index (κ1) is 13.2. The highest BCUT2D eigenvalue weighted by atomic mass is 15.3. The van der Waals surface area contributed by atoms with Gasteiger partial charge in [0.25, 0.3) is 0 Å². The predicted octanol–water partition coefficient (Wildman–Crippen LogP) is 0.755. The Bertz CT molecular complexity index is 325. The molecule has 0 aromatic rings. The third-order valence-electron chi connectivity index (χ3n) is 3.93. The van der Waals surface area contributed by atoms with Crippen molar-refractivity contribution < 1.29 is 0 Å². The van der Waals surface area contributed by atoms with E-state index in [-0.39, 0.29) is 0 Å². The topological polar surface area (TPSA) is 30.9 Å². The zero-order valence-corrected chi connectivity index (χ0v) is 11.4. The summed E-state index contributed by atoms with van der Waals surface area (Å²) in [6.07, 6.45) is 10.7. The van der Waals surface area contributed by atoms with Gasteiger partial charge in [-0.1, -0.05) is 12.3 Å². The van der Waals surface area contributed by atoms with Gasteiger partial charge in [-0.25, -0.2) is 0 Å². The van der Waals surface area contributed by atoms with Gasteiger partial charge in [0.15, 0.2) is 5.96 Å². The molecule has 2 saturated heterocycles. The minimum Gasteiger partial charge on any atom is -0.345 e. The second-order valence-corrected chi connectivity index (χ2v) is 5.09. The SMILES string of the molecule is C#CCNC(=NC)N1CCC(N2CCCCC2)C1. The lowest BCUT2D eigenvalue weighted by Crippen LogP contribution is -2.44. The zero-order chi connectivity index (χ0) is 12.8. The second-order valence-electron chi connectivity index (χ2n) is 5.09. The van der Waals surface area contributed by atoms with E-state index in [9.17, 15) is 0 Å². The van der Waals surface area contributed by atoms with Crippen LogP contribution in [-0.2, 0) is 0 Å². The van der Waals surface area contributed by atoms with Gasteiger partial charge >= 0.3 is 0 Å². The van der Waals surface area contributed by atoms with Gasteiger partial charge in [-0.2, -0.15) is 0 Å². The van der Waals surface area contributed by atoms with Crippen LogP contribution in [-0.4, -0.2) is 61.6 Å². The number of terminal acetylenes is 1. The third kappa shape index (κ3) is 3.17. The van der Waals surface area contributed by atoms with Crippen LogP contribution >= 0.6 is 0 Å². The number of rotatable bonds is 2. The normalized spacial score (nSPS) is 26.1. The van der Waals surface area contributed by atoms with Crippen molar-refractivity contribution >= 4 is 5.96 Å². The van der Waals surface area contributed by atoms with Crippen LogP contribution in [0.4, 0.5) is 0 Å². The van der Waals surface area contributed by atoms with E-state index < -0.39 is 0 Å². The molecule has 0 amide bonds. The van der Waals surface area contributed by atoms with Crippen molar-refractivity contribution in [3.63, 3.8) is 0 Å². The molecule has 2 rings (SSSR count). The van der Waals surface area contributed by atoms with Gasteiger partial charge in [0.1, 0.15) is 0 Å². The maximum Gasteiger partial charge on any atom is 0.194 e. The van der Waals surface area contributed by atoms with Crippen LogP contribution in [0.1, 0.15) is 25.7 Å². The maximum atomic E-state index is 5.28. The van der Waals surface area contributed by atoms with Crippen molar-refractivity contribution in [1.82, 2.24) is 15.1 Å². The number of hydrogen-bond acceptors (Lipinski definition) is 2. The van der Waals surface area contributed by atoms with E-state index in [4.69, 9.17) is 6.42 Å². The molecular weight excluding hydrogens is 224 g/mol. The van der Waals surface area contributed by atoms with Crippen molar-refractivity contribution in [1.29, 1.82) is 0 Å². The van der Waals surface area contributed by atoms with Gasteiger partial charge in [0.05, 0.1) is 6.54 Å². The lowest BCUT2D eigenvalue weighted by molar-refractivity contribution is 0.168. The van der Waals surface area contributed by atoms with Crippen LogP contribution in [0.2, 0.25) is 0 Å². The highest BCUT2D eigenvalue weighted by Crippen LogP contribution is 2.20. The fraction of sp³-hybridized carbons (Fsp3) is 0.786. The van der Waals surface area contributed by atoms with Crippen LogP contribution < -0.4 is 5.32 Å². The lowest BCUT2D eigenvalue weighted by Gasteiger charge is -2.32. The van der Waals surface area contributed by atoms with Crippen LogP contribution in [0.3, 0.4) is 0 Å². The number of aliphatic imine (C=N–C) groups is 1. The molecule has 18 heavy (non-hydrogen) atoms. The Morgan fingerprint density at radius 2 is 2.11 bits per heavy atom. The van der Waals surface area contributed by atoms with Gasteiger partial charge in [-0.15, -0.1) is 6.42 Å². The molecule has 0 radical (unpaired) electrons. The number of likely N-dealkylation sites (tertiary alicyclic amines) is 2. The molecule has 4 heteroatoms. The number of nitrogens with zero attached hydrogens (tertiary/aromatic N) is 3. The summed E-state index contributed by atoms with van der Waals surface area (Å²) >= 11 is 0. The maximum absolute atomic E-state index is 5.28. The van der Waals surface area contributed by atoms with Crippen molar-refractivity contribution in [2.75, 3.05) is 39.8 Å². The fourth-order valence-corrected chi connectivity index (χ4v) is 2.98. The molecule has 0 saturated carbocycles. The first-order chi connectivity index (χ1) is 8.85. The summed E-state index contributed by atoms with van der Waals surface area (Å²) in [4.78, 5) is 9.29. The summed E-state index contributed by atoms with van der Waals surface area (Å²) in [7, 11) is 1.83. The van der Waals surface area contributed by atoms with Crippen molar-refractivity contribution in [3.05, 3.63) is 0 Å². The first-order valence-electron chi connectivity index (χ1n) is 6.98. The van der Waals surface area contributed by atoms with Gasteiger partial charge in [0, 0.05) is 26.2 Å². The van der Waals surface area contributed by atoms with E-state index in [1.165, 1.54) is 38.8 Å². The lowest BCUT2D eigenvalue weighted by atomic mass is 10.1. The molecule has 0 spiro atoms. The molecule has 2 fully saturated rings. The van der Waals surface area contributed by atoms with Crippen molar-refractivity contribution in [2.24, 2.45) is 4.99 Å². The Balaban J connectivity index is 1.85. The summed E-state index contributed by atoms with van der Waals surface area (Å²) in [6, 6.07) is 0.703. The zero-order valence-electron chi connectivity index (χ0n) is 11.4. The number of piperidine rings is 1. The summed E-state index contributed by atoms with van der Waals surface area (Å²) in [6.45, 7) is 5.27. The Morgan fingerprint density at radius 1 is 1.33 bits per heavy atom. The monoisotopic (exact) mass is 248 g/mol. The van der Waals surface area contributed by atoms with E-state index >= 15 is 0 Å². The Morgan fingerprint density at radius 3 is 2.78 bits per heavy atom. The largest absolute Gasteiger partial charge is 0.345 e. The molecule has 0 aromatic carbocycles. The quantitative estimate of drug-likeness (QED) is 0.444. The number of nitrogens with one attached hydrogen (secondary N) is 1. The summed E-state index contributed by atoms with van der Waals surface area (Å²) in [5.41, 5.74) is 0. The van der Waals surface area contributed by atoms with Gasteiger partial charge in [-0.05, 0) is 32.4 Å². The molecule has 1 atom stereocenters. The minimum atomic E-state index is 0.553. The molecule has 1 unspecified atom stereocenters. The van der Waals surface area contributed by atoms with Crippen LogP contribution in [0.5, 0.6) is 0 Å². The Hall–Kier alpha value is -1.21. The van der Waals surface area contributed by atoms with Gasteiger partial charge in [0.2, 0.25) is 0 Å². The van der Waals surface area contributed by atoms with Crippen LogP contribution in [0, 0.1) is 12.3 Å². The smallest absolute Gasteiger partial charge is 0.194 e. The fourth-order valence-electron chi connectivity index (χ4n) is 2.98. The molecular formula is C14H24N4. The van der Waals surface area contributed by atoms with Gasteiger partial charge in [-0.3, -0.25) is 9.89 Å². The third-order valence-corrected chi connectivity index (χ3v) is 3.93. The van der Waals surface area contributed by atoms with E-state index in [1.807, 2.05) is 7.05 Å². The summed E-state index contributed by atoms with van der Waals surface area (Å²) in [5.74, 6) is 3.55. The first-order valence-corrected chi connectivity index (χ1v) is 6.98. The number of guanidine groups is 1. The van der Waals surface area contributed by atoms with Crippen molar-refractivity contribution in [3.8, 4) is 12.3 Å². The predicted molar refractivity (Wildman–Crippen MR) is 75.6 cm³/mol. The molecule has 4 nitrogen and oxygen atoms in total. The molecule has 1 N–H and O–H groups in total. The Labute approximate surface area is 110 Å². The standard InChI is InChI=1S/C14H24N4/c1-3-8-16-14(15-2)18-11-7-13(12-18)17-9-5-4-6-10-17/h1,13H,4-12H2,2H3,(H,15,16). The van der Waals surface area contributed by atoms with Crippen LogP contribution in [0.15, 0.2) is 4.99 Å². The molecule has 2 aliphatic rings. The second kappa shape index (κ2) is 6.65. The number of hydrogen-bond donors (Lipinski definition) is 1. The molecule has 2 aliphatic heterocycles. The molecule has 100 valence electrons. The molecule has 0 aliphatic carbocycles. The summed E-state index contributed by atoms with van der Waals surface area (Å²) in [5, 5.41) is 3.21. The highest BCUT2D eigenvalue weighted by Gasteiger charge is 2.29. The van der Waals surface area contributed by atoms with E-state index in [0.717, 1.165) is 19.0 Å². The highest BCUT2D eigenvalue weighted by molar-refractivity contribution is 5.80. The summed E-state index contributed by atoms with van der Waals surface area (Å²) < 4.78 is 0.